The Balaban J connectivity index is 2.35. The quantitative estimate of drug-likeness (QED) is 0.622. The van der Waals surface area contributed by atoms with Gasteiger partial charge in [0.05, 0.1) is 5.69 Å². The Labute approximate surface area is 156 Å². The molecule has 3 aromatic rings. The van der Waals surface area contributed by atoms with Gasteiger partial charge in [0.15, 0.2) is 0 Å². The predicted molar refractivity (Wildman–Crippen MR) is 104 cm³/mol. The zero-order valence-electron chi connectivity index (χ0n) is 13.8. The number of anilines is 1. The summed E-state index contributed by atoms with van der Waals surface area (Å²) in [5.41, 5.74) is 11.3. The number of hydrogen-bond donors (Lipinski definition) is 1. The third kappa shape index (κ3) is 3.19. The van der Waals surface area contributed by atoms with Gasteiger partial charge in [0.1, 0.15) is 17.5 Å². The fraction of sp³-hybridized carbons (Fsp3) is 0.100. The van der Waals surface area contributed by atoms with Crippen LogP contribution in [0.25, 0.3) is 22.4 Å². The first kappa shape index (κ1) is 17.3. The molecule has 0 saturated heterocycles. The Kier molecular flexibility index (Phi) is 4.67. The van der Waals surface area contributed by atoms with Gasteiger partial charge >= 0.3 is 0 Å². The molecule has 0 saturated carbocycles. The molecule has 1 heterocycles. The maximum absolute atomic E-state index is 9.55. The molecule has 0 bridgehead atoms. The van der Waals surface area contributed by atoms with Crippen LogP contribution in [-0.2, 0) is 0 Å². The standard InChI is InChI=1S/C20H15Cl2N3/c1-11-6-7-12(2)13(8-11)18-9-14(15(10-23)20(24)25-18)19-16(21)4-3-5-17(19)22/h3-9H,1-2H3,(H2,24,25). The SMILES string of the molecule is Cc1ccc(C)c(-c2cc(-c3c(Cl)cccc3Cl)c(C#N)c(N)n2)c1. The fourth-order valence-corrected chi connectivity index (χ4v) is 3.39. The van der Waals surface area contributed by atoms with Gasteiger partial charge in [-0.3, -0.25) is 0 Å². The van der Waals surface area contributed by atoms with E-state index in [1.165, 1.54) is 0 Å². The first-order valence-electron chi connectivity index (χ1n) is 7.65. The number of nitrogens with zero attached hydrogens (tertiary/aromatic N) is 2. The molecule has 124 valence electrons. The van der Waals surface area contributed by atoms with Crippen LogP contribution in [0.1, 0.15) is 16.7 Å². The molecule has 0 atom stereocenters. The van der Waals surface area contributed by atoms with Gasteiger partial charge in [0.2, 0.25) is 0 Å². The van der Waals surface area contributed by atoms with Crippen molar-refractivity contribution in [1.82, 2.24) is 4.98 Å². The van der Waals surface area contributed by atoms with Crippen molar-refractivity contribution < 1.29 is 0 Å². The fourth-order valence-electron chi connectivity index (χ4n) is 2.78. The summed E-state index contributed by atoms with van der Waals surface area (Å²) in [5.74, 6) is 0.159. The molecule has 3 nitrogen and oxygen atoms in total. The van der Waals surface area contributed by atoms with Gasteiger partial charge < -0.3 is 5.73 Å². The van der Waals surface area contributed by atoms with E-state index in [-0.39, 0.29) is 11.4 Å². The molecule has 0 fully saturated rings. The van der Waals surface area contributed by atoms with Crippen molar-refractivity contribution >= 4 is 29.0 Å². The third-order valence-electron chi connectivity index (χ3n) is 4.06. The molecule has 2 aromatic carbocycles. The highest BCUT2D eigenvalue weighted by Gasteiger charge is 2.18. The van der Waals surface area contributed by atoms with E-state index in [2.05, 4.69) is 11.1 Å². The van der Waals surface area contributed by atoms with Gasteiger partial charge in [-0.1, -0.05) is 47.0 Å². The normalized spacial score (nSPS) is 10.5. The summed E-state index contributed by atoms with van der Waals surface area (Å²) in [6.45, 7) is 4.02. The van der Waals surface area contributed by atoms with Crippen molar-refractivity contribution in [1.29, 1.82) is 5.26 Å². The van der Waals surface area contributed by atoms with Crippen LogP contribution >= 0.6 is 23.2 Å². The minimum atomic E-state index is 0.159. The Morgan fingerprint density at radius 3 is 2.32 bits per heavy atom. The van der Waals surface area contributed by atoms with Crippen molar-refractivity contribution in [3.63, 3.8) is 0 Å². The van der Waals surface area contributed by atoms with E-state index in [1.807, 2.05) is 38.1 Å². The number of hydrogen-bond acceptors (Lipinski definition) is 3. The van der Waals surface area contributed by atoms with Gasteiger partial charge in [-0.05, 0) is 43.7 Å². The monoisotopic (exact) mass is 367 g/mol. The molecule has 0 amide bonds. The third-order valence-corrected chi connectivity index (χ3v) is 4.69. The Hall–Kier alpha value is -2.54. The van der Waals surface area contributed by atoms with Crippen LogP contribution in [0.3, 0.4) is 0 Å². The van der Waals surface area contributed by atoms with E-state index >= 15 is 0 Å². The van der Waals surface area contributed by atoms with Crippen molar-refractivity contribution in [2.45, 2.75) is 13.8 Å². The van der Waals surface area contributed by atoms with Gasteiger partial charge in [-0.2, -0.15) is 5.26 Å². The number of nitrogens with two attached hydrogens (primary N) is 1. The maximum Gasteiger partial charge on any atom is 0.142 e. The number of aryl methyl sites for hydroxylation is 2. The molecule has 25 heavy (non-hydrogen) atoms. The summed E-state index contributed by atoms with van der Waals surface area (Å²) in [7, 11) is 0. The van der Waals surface area contributed by atoms with Crippen molar-refractivity contribution in [3.8, 4) is 28.5 Å². The number of halogens is 2. The molecule has 5 heteroatoms. The van der Waals surface area contributed by atoms with Gasteiger partial charge in [-0.15, -0.1) is 0 Å². The zero-order valence-corrected chi connectivity index (χ0v) is 15.3. The van der Waals surface area contributed by atoms with Crippen LogP contribution in [0, 0.1) is 25.2 Å². The highest BCUT2D eigenvalue weighted by molar-refractivity contribution is 6.39. The van der Waals surface area contributed by atoms with Crippen LogP contribution in [-0.4, -0.2) is 4.98 Å². The molecule has 0 spiro atoms. The molecule has 2 N–H and O–H groups in total. The average Bonchev–Trinajstić information content (AvgIpc) is 2.56. The summed E-state index contributed by atoms with van der Waals surface area (Å²) in [4.78, 5) is 4.43. The number of rotatable bonds is 2. The van der Waals surface area contributed by atoms with E-state index in [1.54, 1.807) is 18.2 Å². The lowest BCUT2D eigenvalue weighted by molar-refractivity contribution is 1.28. The summed E-state index contributed by atoms with van der Waals surface area (Å²) in [5, 5.41) is 10.5. The second-order valence-corrected chi connectivity index (χ2v) is 6.66. The molecular weight excluding hydrogens is 353 g/mol. The lowest BCUT2D eigenvalue weighted by atomic mass is 9.96. The summed E-state index contributed by atoms with van der Waals surface area (Å²) in [6, 6.07) is 15.3. The second kappa shape index (κ2) is 6.76. The first-order chi connectivity index (χ1) is 11.9. The van der Waals surface area contributed by atoms with Crippen molar-refractivity contribution in [2.75, 3.05) is 5.73 Å². The Morgan fingerprint density at radius 2 is 1.68 bits per heavy atom. The summed E-state index contributed by atoms with van der Waals surface area (Å²) < 4.78 is 0. The highest BCUT2D eigenvalue weighted by atomic mass is 35.5. The molecule has 0 aliphatic carbocycles. The number of pyridine rings is 1. The van der Waals surface area contributed by atoms with Gasteiger partial charge in [-0.25, -0.2) is 4.98 Å². The number of aromatic nitrogens is 1. The van der Waals surface area contributed by atoms with Gasteiger partial charge in [0.25, 0.3) is 0 Å². The van der Waals surface area contributed by atoms with E-state index in [9.17, 15) is 5.26 Å². The first-order valence-corrected chi connectivity index (χ1v) is 8.40. The highest BCUT2D eigenvalue weighted by Crippen LogP contribution is 2.39. The van der Waals surface area contributed by atoms with Crippen LogP contribution in [0.2, 0.25) is 10.0 Å². The molecule has 0 radical (unpaired) electrons. The van der Waals surface area contributed by atoms with E-state index in [0.29, 0.717) is 26.9 Å². The lowest BCUT2D eigenvalue weighted by Gasteiger charge is -2.14. The van der Waals surface area contributed by atoms with Crippen molar-refractivity contribution in [2.24, 2.45) is 0 Å². The summed E-state index contributed by atoms with van der Waals surface area (Å²) >= 11 is 12.7. The smallest absolute Gasteiger partial charge is 0.142 e. The predicted octanol–water partition coefficient (Wildman–Crippen LogP) is 5.79. The van der Waals surface area contributed by atoms with Gasteiger partial charge in [0, 0.05) is 26.7 Å². The maximum atomic E-state index is 9.55. The van der Waals surface area contributed by atoms with Crippen LogP contribution < -0.4 is 5.73 Å². The molecule has 3 rings (SSSR count). The number of nitrogen functional groups attached to an aromatic ring is 1. The van der Waals surface area contributed by atoms with E-state index < -0.39 is 0 Å². The van der Waals surface area contributed by atoms with Crippen LogP contribution in [0.5, 0.6) is 0 Å². The Bertz CT molecular complexity index is 1000. The molecule has 0 unspecified atom stereocenters. The minimum absolute atomic E-state index is 0.159. The number of benzene rings is 2. The van der Waals surface area contributed by atoms with E-state index in [0.717, 1.165) is 16.7 Å². The zero-order chi connectivity index (χ0) is 18.1. The second-order valence-electron chi connectivity index (χ2n) is 5.84. The average molecular weight is 368 g/mol. The van der Waals surface area contributed by atoms with Crippen LogP contribution in [0.15, 0.2) is 42.5 Å². The molecule has 0 aliphatic rings. The number of nitriles is 1. The van der Waals surface area contributed by atoms with E-state index in [4.69, 9.17) is 28.9 Å². The summed E-state index contributed by atoms with van der Waals surface area (Å²) in [6.07, 6.45) is 0. The topological polar surface area (TPSA) is 62.7 Å². The van der Waals surface area contributed by atoms with Crippen molar-refractivity contribution in [3.05, 3.63) is 69.2 Å². The lowest BCUT2D eigenvalue weighted by Crippen LogP contribution is -2.01. The Morgan fingerprint density at radius 1 is 1.00 bits per heavy atom. The molecular formula is C20H15Cl2N3. The molecule has 0 aliphatic heterocycles. The van der Waals surface area contributed by atoms with Crippen LogP contribution in [0.4, 0.5) is 5.82 Å². The largest absolute Gasteiger partial charge is 0.383 e. The minimum Gasteiger partial charge on any atom is -0.383 e. The molecule has 1 aromatic heterocycles.